The zero-order valence-electron chi connectivity index (χ0n) is 14.9. The lowest BCUT2D eigenvalue weighted by Gasteiger charge is -2.09. The maximum Gasteiger partial charge on any atom is 0.347 e. The fourth-order valence-corrected chi connectivity index (χ4v) is 2.89. The van der Waals surface area contributed by atoms with Crippen LogP contribution in [-0.2, 0) is 6.42 Å². The lowest BCUT2D eigenvalue weighted by molar-refractivity contribution is -0.384. The number of aryl methyl sites for hydroxylation is 1. The van der Waals surface area contributed by atoms with Crippen molar-refractivity contribution in [2.45, 2.75) is 19.8 Å². The molecule has 0 bridgehead atoms. The Hall–Kier alpha value is -3.48. The molecule has 0 aliphatic heterocycles. The molecule has 0 aliphatic rings. The van der Waals surface area contributed by atoms with Crippen molar-refractivity contribution in [1.82, 2.24) is 0 Å². The third kappa shape index (κ3) is 3.57. The summed E-state index contributed by atoms with van der Waals surface area (Å²) in [7, 11) is 1.49. The summed E-state index contributed by atoms with van der Waals surface area (Å²) in [5, 5.41) is 11.3. The van der Waals surface area contributed by atoms with Crippen LogP contribution in [0.1, 0.15) is 34.8 Å². The first-order chi connectivity index (χ1) is 12.9. The fraction of sp³-hybridized carbons (Fsp3) is 0.200. The SMILES string of the molecule is CCCc1cc(OC)c2oc(=O)c(C(=O)c3ccc([N+](=O)[O-])cc3)cc2c1. The minimum Gasteiger partial charge on any atom is -0.493 e. The van der Waals surface area contributed by atoms with Crippen LogP contribution >= 0.6 is 0 Å². The number of nitrogens with zero attached hydrogens (tertiary/aromatic N) is 1. The summed E-state index contributed by atoms with van der Waals surface area (Å²) in [6.07, 6.45) is 1.75. The topological polar surface area (TPSA) is 99.7 Å². The van der Waals surface area contributed by atoms with Crippen molar-refractivity contribution in [3.8, 4) is 5.75 Å². The van der Waals surface area contributed by atoms with Gasteiger partial charge in [0.15, 0.2) is 17.1 Å². The molecule has 2 aromatic carbocycles. The monoisotopic (exact) mass is 367 g/mol. The Kier molecular flexibility index (Phi) is 5.03. The maximum atomic E-state index is 12.7. The number of rotatable bonds is 6. The lowest BCUT2D eigenvalue weighted by Crippen LogP contribution is -2.15. The number of carbonyl (C=O) groups excluding carboxylic acids is 1. The van der Waals surface area contributed by atoms with E-state index in [1.54, 1.807) is 0 Å². The molecular weight excluding hydrogens is 350 g/mol. The highest BCUT2D eigenvalue weighted by Gasteiger charge is 2.19. The van der Waals surface area contributed by atoms with Crippen LogP contribution in [0.25, 0.3) is 11.0 Å². The number of fused-ring (bicyclic) bond motifs is 1. The summed E-state index contributed by atoms with van der Waals surface area (Å²) in [6, 6.07) is 10.2. The van der Waals surface area contributed by atoms with Gasteiger partial charge in [0, 0.05) is 23.1 Å². The van der Waals surface area contributed by atoms with Crippen LogP contribution in [0, 0.1) is 10.1 Å². The van der Waals surface area contributed by atoms with E-state index in [4.69, 9.17) is 9.15 Å². The van der Waals surface area contributed by atoms with E-state index in [1.165, 1.54) is 37.4 Å². The summed E-state index contributed by atoms with van der Waals surface area (Å²) >= 11 is 0. The largest absolute Gasteiger partial charge is 0.493 e. The fourth-order valence-electron chi connectivity index (χ4n) is 2.89. The van der Waals surface area contributed by atoms with Crippen molar-refractivity contribution in [2.75, 3.05) is 7.11 Å². The zero-order valence-corrected chi connectivity index (χ0v) is 14.9. The molecule has 1 aromatic heterocycles. The molecule has 0 unspecified atom stereocenters. The van der Waals surface area contributed by atoms with Gasteiger partial charge in [-0.15, -0.1) is 0 Å². The second kappa shape index (κ2) is 7.41. The van der Waals surface area contributed by atoms with Gasteiger partial charge in [0.2, 0.25) is 0 Å². The standard InChI is InChI=1S/C20H17NO6/c1-3-4-12-9-14-11-16(20(23)27-19(14)17(10-12)26-2)18(22)13-5-7-15(8-6-13)21(24)25/h5-11H,3-4H2,1-2H3. The molecule has 138 valence electrons. The van der Waals surface area contributed by atoms with Crippen LogP contribution in [-0.4, -0.2) is 17.8 Å². The van der Waals surface area contributed by atoms with Gasteiger partial charge in [-0.05, 0) is 42.3 Å². The third-order valence-corrected chi connectivity index (χ3v) is 4.20. The molecule has 0 spiro atoms. The van der Waals surface area contributed by atoms with Crippen LogP contribution in [0.15, 0.2) is 51.7 Å². The molecule has 0 saturated carbocycles. The molecule has 7 heteroatoms. The number of non-ortho nitro benzene ring substituents is 1. The van der Waals surface area contributed by atoms with Crippen LogP contribution < -0.4 is 10.4 Å². The number of nitro groups is 1. The molecule has 0 N–H and O–H groups in total. The molecule has 3 rings (SSSR count). The number of methoxy groups -OCH3 is 1. The Morgan fingerprint density at radius 3 is 2.48 bits per heavy atom. The van der Waals surface area contributed by atoms with Gasteiger partial charge in [0.25, 0.3) is 5.69 Å². The number of ether oxygens (including phenoxy) is 1. The zero-order chi connectivity index (χ0) is 19.6. The van der Waals surface area contributed by atoms with Crippen LogP contribution in [0.3, 0.4) is 0 Å². The highest BCUT2D eigenvalue weighted by atomic mass is 16.6. The molecule has 0 saturated heterocycles. The number of hydrogen-bond acceptors (Lipinski definition) is 6. The van der Waals surface area contributed by atoms with Crippen molar-refractivity contribution < 1.29 is 18.9 Å². The van der Waals surface area contributed by atoms with Gasteiger partial charge < -0.3 is 9.15 Å². The van der Waals surface area contributed by atoms with Gasteiger partial charge in [0.1, 0.15) is 5.56 Å². The Bertz CT molecular complexity index is 1080. The molecule has 7 nitrogen and oxygen atoms in total. The first-order valence-corrected chi connectivity index (χ1v) is 8.38. The van der Waals surface area contributed by atoms with E-state index in [1.807, 2.05) is 19.1 Å². The molecule has 27 heavy (non-hydrogen) atoms. The summed E-state index contributed by atoms with van der Waals surface area (Å²) in [4.78, 5) is 35.2. The summed E-state index contributed by atoms with van der Waals surface area (Å²) in [5.74, 6) is -0.122. The first-order valence-electron chi connectivity index (χ1n) is 8.38. The number of benzene rings is 2. The quantitative estimate of drug-likeness (QED) is 0.284. The maximum absolute atomic E-state index is 12.7. The molecule has 0 amide bonds. The molecule has 0 fully saturated rings. The van der Waals surface area contributed by atoms with Crippen molar-refractivity contribution in [2.24, 2.45) is 0 Å². The molecule has 0 atom stereocenters. The van der Waals surface area contributed by atoms with Crippen LogP contribution in [0.5, 0.6) is 5.75 Å². The number of nitro benzene ring substituents is 1. The first kappa shape index (κ1) is 18.3. The van der Waals surface area contributed by atoms with Crippen molar-refractivity contribution in [1.29, 1.82) is 0 Å². The molecule has 0 radical (unpaired) electrons. The van der Waals surface area contributed by atoms with E-state index in [9.17, 15) is 19.7 Å². The minimum atomic E-state index is -0.785. The van der Waals surface area contributed by atoms with E-state index in [0.29, 0.717) is 11.1 Å². The summed E-state index contributed by atoms with van der Waals surface area (Å²) in [5.41, 5.74) is 0.404. The molecule has 1 heterocycles. The van der Waals surface area contributed by atoms with Gasteiger partial charge in [-0.2, -0.15) is 0 Å². The summed E-state index contributed by atoms with van der Waals surface area (Å²) < 4.78 is 10.7. The second-order valence-electron chi connectivity index (χ2n) is 6.05. The molecule has 3 aromatic rings. The minimum absolute atomic E-state index is 0.132. The predicted octanol–water partition coefficient (Wildman–Crippen LogP) is 3.89. The Morgan fingerprint density at radius 1 is 1.19 bits per heavy atom. The highest BCUT2D eigenvalue weighted by molar-refractivity contribution is 6.10. The average molecular weight is 367 g/mol. The third-order valence-electron chi connectivity index (χ3n) is 4.20. The van der Waals surface area contributed by atoms with E-state index >= 15 is 0 Å². The number of hydrogen-bond donors (Lipinski definition) is 0. The summed E-state index contributed by atoms with van der Waals surface area (Å²) in [6.45, 7) is 2.05. The van der Waals surface area contributed by atoms with Gasteiger partial charge in [-0.1, -0.05) is 13.3 Å². The molecule has 0 aliphatic carbocycles. The van der Waals surface area contributed by atoms with Crippen molar-refractivity contribution in [3.63, 3.8) is 0 Å². The van der Waals surface area contributed by atoms with Gasteiger partial charge in [0.05, 0.1) is 12.0 Å². The van der Waals surface area contributed by atoms with Gasteiger partial charge in [-0.3, -0.25) is 14.9 Å². The van der Waals surface area contributed by atoms with Crippen LogP contribution in [0.4, 0.5) is 5.69 Å². The molecular formula is C20H17NO6. The van der Waals surface area contributed by atoms with Crippen LogP contribution in [0.2, 0.25) is 0 Å². The van der Waals surface area contributed by atoms with E-state index in [0.717, 1.165) is 18.4 Å². The lowest BCUT2D eigenvalue weighted by atomic mass is 10.0. The van der Waals surface area contributed by atoms with Gasteiger partial charge in [-0.25, -0.2) is 4.79 Å². The number of carbonyl (C=O) groups is 1. The van der Waals surface area contributed by atoms with Gasteiger partial charge >= 0.3 is 5.63 Å². The second-order valence-corrected chi connectivity index (χ2v) is 6.05. The Morgan fingerprint density at radius 2 is 1.89 bits per heavy atom. The Balaban J connectivity index is 2.10. The smallest absolute Gasteiger partial charge is 0.347 e. The highest BCUT2D eigenvalue weighted by Crippen LogP contribution is 2.28. The Labute approximate surface area is 154 Å². The normalized spacial score (nSPS) is 10.7. The van der Waals surface area contributed by atoms with Crippen molar-refractivity contribution in [3.05, 3.63) is 79.7 Å². The van der Waals surface area contributed by atoms with Crippen molar-refractivity contribution >= 4 is 22.4 Å². The van der Waals surface area contributed by atoms with E-state index in [2.05, 4.69) is 0 Å². The van der Waals surface area contributed by atoms with E-state index < -0.39 is 16.3 Å². The predicted molar refractivity (Wildman–Crippen MR) is 99.6 cm³/mol. The average Bonchev–Trinajstić information content (AvgIpc) is 2.67. The van der Waals surface area contributed by atoms with E-state index in [-0.39, 0.29) is 22.4 Å². The number of ketones is 1.